The molecule has 0 aliphatic heterocycles. The van der Waals surface area contributed by atoms with E-state index in [1.54, 1.807) is 7.11 Å². The molecule has 1 aliphatic rings. The van der Waals surface area contributed by atoms with Gasteiger partial charge in [0.25, 0.3) is 0 Å². The molecular weight excluding hydrogens is 338 g/mol. The van der Waals surface area contributed by atoms with Crippen LogP contribution in [0.25, 0.3) is 0 Å². The molecule has 7 nitrogen and oxygen atoms in total. The van der Waals surface area contributed by atoms with Gasteiger partial charge in [0.2, 0.25) is 11.1 Å². The number of anilines is 1. The lowest BCUT2D eigenvalue weighted by molar-refractivity contribution is -0.115. The van der Waals surface area contributed by atoms with Gasteiger partial charge in [-0.2, -0.15) is 0 Å². The zero-order valence-corrected chi connectivity index (χ0v) is 15.5. The molecule has 0 radical (unpaired) electrons. The summed E-state index contributed by atoms with van der Waals surface area (Å²) < 4.78 is 7.19. The van der Waals surface area contributed by atoms with E-state index in [1.165, 1.54) is 24.6 Å². The number of amides is 1. The average Bonchev–Trinajstić information content (AvgIpc) is 3.26. The molecular formula is C17H23N5O2S. The van der Waals surface area contributed by atoms with Crippen LogP contribution >= 0.6 is 11.8 Å². The first-order valence-electron chi connectivity index (χ1n) is 8.48. The number of benzene rings is 1. The van der Waals surface area contributed by atoms with Crippen molar-refractivity contribution in [2.75, 3.05) is 12.4 Å². The number of hydrogen-bond acceptors (Lipinski definition) is 6. The Morgan fingerprint density at radius 3 is 2.88 bits per heavy atom. The number of rotatable bonds is 6. The lowest BCUT2D eigenvalue weighted by Gasteiger charge is -2.15. The first-order chi connectivity index (χ1) is 12.1. The highest BCUT2D eigenvalue weighted by Crippen LogP contribution is 2.33. The van der Waals surface area contributed by atoms with Crippen molar-refractivity contribution in [2.24, 2.45) is 0 Å². The topological polar surface area (TPSA) is 81.9 Å². The largest absolute Gasteiger partial charge is 0.495 e. The highest BCUT2D eigenvalue weighted by molar-refractivity contribution is 8.00. The lowest BCUT2D eigenvalue weighted by atomic mass is 10.2. The van der Waals surface area contributed by atoms with Gasteiger partial charge >= 0.3 is 0 Å². The van der Waals surface area contributed by atoms with Crippen LogP contribution in [0.15, 0.2) is 23.4 Å². The molecule has 0 saturated heterocycles. The molecule has 1 aliphatic carbocycles. The summed E-state index contributed by atoms with van der Waals surface area (Å²) >= 11 is 1.38. The third-order valence-electron chi connectivity index (χ3n) is 4.40. The van der Waals surface area contributed by atoms with Crippen molar-refractivity contribution in [1.29, 1.82) is 0 Å². The van der Waals surface area contributed by atoms with Crippen molar-refractivity contribution in [3.8, 4) is 5.75 Å². The minimum Gasteiger partial charge on any atom is -0.495 e. The van der Waals surface area contributed by atoms with Gasteiger partial charge in [-0.3, -0.25) is 4.79 Å². The quantitative estimate of drug-likeness (QED) is 0.796. The molecule has 0 bridgehead atoms. The van der Waals surface area contributed by atoms with Gasteiger partial charge in [-0.25, -0.2) is 4.68 Å². The molecule has 134 valence electrons. The highest BCUT2D eigenvalue weighted by Gasteiger charge is 2.25. The number of tetrazole rings is 1. The molecule has 1 atom stereocenters. The van der Waals surface area contributed by atoms with E-state index in [9.17, 15) is 4.79 Å². The van der Waals surface area contributed by atoms with E-state index in [2.05, 4.69) is 20.8 Å². The molecule has 3 rings (SSSR count). The fourth-order valence-electron chi connectivity index (χ4n) is 3.01. The van der Waals surface area contributed by atoms with Crippen LogP contribution in [0.3, 0.4) is 0 Å². The number of aryl methyl sites for hydroxylation is 1. The summed E-state index contributed by atoms with van der Waals surface area (Å²) in [6.45, 7) is 3.83. The van der Waals surface area contributed by atoms with Crippen molar-refractivity contribution in [2.45, 2.75) is 56.0 Å². The monoisotopic (exact) mass is 361 g/mol. The zero-order chi connectivity index (χ0) is 17.8. The van der Waals surface area contributed by atoms with E-state index in [0.29, 0.717) is 22.6 Å². The van der Waals surface area contributed by atoms with Crippen molar-refractivity contribution >= 4 is 23.4 Å². The van der Waals surface area contributed by atoms with Crippen molar-refractivity contribution in [3.63, 3.8) is 0 Å². The Morgan fingerprint density at radius 1 is 1.40 bits per heavy atom. The summed E-state index contributed by atoms with van der Waals surface area (Å²) in [5.41, 5.74) is 1.73. The van der Waals surface area contributed by atoms with E-state index < -0.39 is 0 Å². The Morgan fingerprint density at radius 2 is 2.16 bits per heavy atom. The number of nitrogens with one attached hydrogen (secondary N) is 1. The maximum Gasteiger partial charge on any atom is 0.237 e. The highest BCUT2D eigenvalue weighted by atomic mass is 32.2. The van der Waals surface area contributed by atoms with E-state index in [4.69, 9.17) is 4.74 Å². The van der Waals surface area contributed by atoms with E-state index in [1.807, 2.05) is 36.7 Å². The summed E-state index contributed by atoms with van der Waals surface area (Å²) in [7, 11) is 1.59. The molecule has 0 spiro atoms. The number of methoxy groups -OCH3 is 1. The number of carbonyl (C=O) groups is 1. The van der Waals surface area contributed by atoms with Crippen LogP contribution < -0.4 is 10.1 Å². The van der Waals surface area contributed by atoms with Crippen LogP contribution in [0.1, 0.15) is 44.2 Å². The molecule has 1 heterocycles. The van der Waals surface area contributed by atoms with Crippen LogP contribution in [-0.2, 0) is 4.79 Å². The van der Waals surface area contributed by atoms with E-state index >= 15 is 0 Å². The van der Waals surface area contributed by atoms with Gasteiger partial charge in [-0.15, -0.1) is 5.10 Å². The van der Waals surface area contributed by atoms with Gasteiger partial charge in [0.05, 0.1) is 24.1 Å². The minimum absolute atomic E-state index is 0.102. The average molecular weight is 361 g/mol. The number of aromatic nitrogens is 4. The number of nitrogens with zero attached hydrogens (tertiary/aromatic N) is 4. The number of thioether (sulfide) groups is 1. The Balaban J connectivity index is 1.68. The summed E-state index contributed by atoms with van der Waals surface area (Å²) in [5, 5.41) is 15.3. The summed E-state index contributed by atoms with van der Waals surface area (Å²) in [4.78, 5) is 12.6. The second-order valence-electron chi connectivity index (χ2n) is 6.30. The molecule has 1 saturated carbocycles. The first kappa shape index (κ1) is 17.7. The van der Waals surface area contributed by atoms with Gasteiger partial charge in [0.15, 0.2) is 0 Å². The van der Waals surface area contributed by atoms with Gasteiger partial charge < -0.3 is 10.1 Å². The predicted molar refractivity (Wildman–Crippen MR) is 97.0 cm³/mol. The molecule has 1 N–H and O–H groups in total. The first-order valence-corrected chi connectivity index (χ1v) is 9.36. The fraction of sp³-hybridized carbons (Fsp3) is 0.529. The molecule has 25 heavy (non-hydrogen) atoms. The van der Waals surface area contributed by atoms with Crippen LogP contribution in [0.5, 0.6) is 5.75 Å². The number of hydrogen-bond donors (Lipinski definition) is 1. The second kappa shape index (κ2) is 7.86. The normalized spacial score (nSPS) is 16.0. The smallest absolute Gasteiger partial charge is 0.237 e. The van der Waals surface area contributed by atoms with Crippen LogP contribution in [0.2, 0.25) is 0 Å². The third-order valence-corrected chi connectivity index (χ3v) is 5.44. The SMILES string of the molecule is COc1ccc(C)cc1NC(=O)C(C)Sc1nnnn1C1CCCC1. The molecule has 1 aromatic carbocycles. The molecule has 1 unspecified atom stereocenters. The van der Waals surface area contributed by atoms with Crippen LogP contribution in [0, 0.1) is 6.92 Å². The molecule has 8 heteroatoms. The van der Waals surface area contributed by atoms with Gasteiger partial charge in [-0.05, 0) is 54.8 Å². The Kier molecular flexibility index (Phi) is 5.57. The molecule has 2 aromatic rings. The Hall–Kier alpha value is -2.09. The maximum absolute atomic E-state index is 12.6. The predicted octanol–water partition coefficient (Wildman–Crippen LogP) is 3.22. The van der Waals surface area contributed by atoms with Crippen LogP contribution in [-0.4, -0.2) is 38.5 Å². The number of carbonyl (C=O) groups excluding carboxylic acids is 1. The third kappa shape index (κ3) is 4.12. The molecule has 1 aromatic heterocycles. The number of ether oxygens (including phenoxy) is 1. The van der Waals surface area contributed by atoms with Crippen molar-refractivity contribution in [3.05, 3.63) is 23.8 Å². The van der Waals surface area contributed by atoms with Crippen LogP contribution in [0.4, 0.5) is 5.69 Å². The Bertz CT molecular complexity index is 742. The van der Waals surface area contributed by atoms with Gasteiger partial charge in [0.1, 0.15) is 5.75 Å². The maximum atomic E-state index is 12.6. The standard InChI is InChI=1S/C17H23N5O2S/c1-11-8-9-15(24-3)14(10-11)18-16(23)12(2)25-17-19-20-21-22(17)13-6-4-5-7-13/h8-10,12-13H,4-7H2,1-3H3,(H,18,23). The lowest BCUT2D eigenvalue weighted by Crippen LogP contribution is -2.23. The zero-order valence-electron chi connectivity index (χ0n) is 14.7. The molecule has 1 amide bonds. The Labute approximate surface area is 151 Å². The molecule has 1 fully saturated rings. The fourth-order valence-corrected chi connectivity index (χ4v) is 3.87. The van der Waals surface area contributed by atoms with Gasteiger partial charge in [-0.1, -0.05) is 30.7 Å². The summed E-state index contributed by atoms with van der Waals surface area (Å²) in [5.74, 6) is 0.543. The summed E-state index contributed by atoms with van der Waals surface area (Å²) in [6.07, 6.45) is 4.61. The van der Waals surface area contributed by atoms with Crippen molar-refractivity contribution in [1.82, 2.24) is 20.2 Å². The van der Waals surface area contributed by atoms with Gasteiger partial charge in [0, 0.05) is 0 Å². The second-order valence-corrected chi connectivity index (χ2v) is 7.61. The summed E-state index contributed by atoms with van der Waals surface area (Å²) in [6, 6.07) is 6.05. The van der Waals surface area contributed by atoms with Crippen molar-refractivity contribution < 1.29 is 9.53 Å². The van der Waals surface area contributed by atoms with E-state index in [-0.39, 0.29) is 11.2 Å². The minimum atomic E-state index is -0.323. The van der Waals surface area contributed by atoms with E-state index in [0.717, 1.165) is 18.4 Å².